The van der Waals surface area contributed by atoms with E-state index in [1.165, 1.54) is 14.2 Å². The lowest BCUT2D eigenvalue weighted by molar-refractivity contribution is -0.137. The lowest BCUT2D eigenvalue weighted by Gasteiger charge is -2.09. The first kappa shape index (κ1) is 15.1. The van der Waals surface area contributed by atoms with E-state index in [0.29, 0.717) is 41.2 Å². The van der Waals surface area contributed by atoms with E-state index in [2.05, 4.69) is 4.98 Å². The molecule has 0 atom stereocenters. The fraction of sp³-hybridized carbons (Fsp3) is 0.429. The molecule has 2 aromatic rings. The zero-order chi connectivity index (χ0) is 15.4. The molecular formula is C14H18N2O5. The van der Waals surface area contributed by atoms with Crippen LogP contribution in [0, 0.1) is 0 Å². The first-order valence-electron chi connectivity index (χ1n) is 6.54. The van der Waals surface area contributed by atoms with Crippen molar-refractivity contribution in [2.75, 3.05) is 20.8 Å². The number of aliphatic hydroxyl groups excluding tert-OH is 1. The minimum Gasteiger partial charge on any atom is -0.493 e. The molecule has 0 radical (unpaired) electrons. The Kier molecular flexibility index (Phi) is 4.64. The number of rotatable bonds is 7. The Morgan fingerprint density at radius 2 is 1.95 bits per heavy atom. The number of fused-ring (bicyclic) bond motifs is 1. The Morgan fingerprint density at radius 1 is 1.29 bits per heavy atom. The molecule has 2 rings (SSSR count). The fourth-order valence-electron chi connectivity index (χ4n) is 2.24. The van der Waals surface area contributed by atoms with E-state index in [0.717, 1.165) is 0 Å². The van der Waals surface area contributed by atoms with Crippen LogP contribution < -0.4 is 9.47 Å². The molecule has 0 spiro atoms. The molecule has 1 aromatic carbocycles. The van der Waals surface area contributed by atoms with Gasteiger partial charge in [-0.1, -0.05) is 0 Å². The zero-order valence-corrected chi connectivity index (χ0v) is 12.0. The largest absolute Gasteiger partial charge is 0.493 e. The molecule has 0 amide bonds. The van der Waals surface area contributed by atoms with Gasteiger partial charge in [-0.2, -0.15) is 0 Å². The van der Waals surface area contributed by atoms with Crippen molar-refractivity contribution < 1.29 is 24.5 Å². The number of aromatic nitrogens is 2. The Hall–Kier alpha value is -2.28. The van der Waals surface area contributed by atoms with E-state index >= 15 is 0 Å². The summed E-state index contributed by atoms with van der Waals surface area (Å²) in [5.41, 5.74) is 1.31. The summed E-state index contributed by atoms with van der Waals surface area (Å²) >= 11 is 0. The topological polar surface area (TPSA) is 93.8 Å². The number of aliphatic hydroxyl groups is 1. The number of carbonyl (C=O) groups is 1. The first-order valence-corrected chi connectivity index (χ1v) is 6.54. The Labute approximate surface area is 121 Å². The molecule has 7 heteroatoms. The maximum Gasteiger partial charge on any atom is 0.323 e. The molecule has 114 valence electrons. The number of hydrogen-bond donors (Lipinski definition) is 2. The van der Waals surface area contributed by atoms with Crippen LogP contribution in [0.2, 0.25) is 0 Å². The van der Waals surface area contributed by atoms with Gasteiger partial charge in [0.25, 0.3) is 0 Å². The smallest absolute Gasteiger partial charge is 0.323 e. The summed E-state index contributed by atoms with van der Waals surface area (Å²) in [6, 6.07) is 3.43. The number of aliphatic carboxylic acids is 1. The van der Waals surface area contributed by atoms with E-state index in [1.807, 2.05) is 0 Å². The molecule has 2 N–H and O–H groups in total. The number of nitrogens with zero attached hydrogens (tertiary/aromatic N) is 2. The molecule has 1 heterocycles. The highest BCUT2D eigenvalue weighted by Crippen LogP contribution is 2.32. The van der Waals surface area contributed by atoms with Crippen LogP contribution >= 0.6 is 0 Å². The van der Waals surface area contributed by atoms with E-state index in [4.69, 9.17) is 19.7 Å². The highest BCUT2D eigenvalue weighted by atomic mass is 16.5. The number of ether oxygens (including phenoxy) is 2. The van der Waals surface area contributed by atoms with Gasteiger partial charge in [0.05, 0.1) is 25.3 Å². The Morgan fingerprint density at radius 3 is 2.52 bits per heavy atom. The van der Waals surface area contributed by atoms with Gasteiger partial charge >= 0.3 is 5.97 Å². The average molecular weight is 294 g/mol. The van der Waals surface area contributed by atoms with Crippen molar-refractivity contribution in [1.29, 1.82) is 0 Å². The average Bonchev–Trinajstić information content (AvgIpc) is 2.80. The molecule has 0 aliphatic carbocycles. The number of methoxy groups -OCH3 is 2. The van der Waals surface area contributed by atoms with Crippen molar-refractivity contribution >= 4 is 17.0 Å². The third-order valence-electron chi connectivity index (χ3n) is 3.18. The lowest BCUT2D eigenvalue weighted by Crippen LogP contribution is -2.12. The number of carboxylic acid groups (broad SMARTS) is 1. The summed E-state index contributed by atoms with van der Waals surface area (Å²) in [7, 11) is 3.05. The fourth-order valence-corrected chi connectivity index (χ4v) is 2.24. The third-order valence-corrected chi connectivity index (χ3v) is 3.18. The van der Waals surface area contributed by atoms with E-state index in [9.17, 15) is 4.79 Å². The van der Waals surface area contributed by atoms with Crippen molar-refractivity contribution in [3.05, 3.63) is 18.0 Å². The monoisotopic (exact) mass is 294 g/mol. The summed E-state index contributed by atoms with van der Waals surface area (Å²) in [6.45, 7) is -0.157. The summed E-state index contributed by atoms with van der Waals surface area (Å²) in [5.74, 6) is 0.731. The number of benzene rings is 1. The van der Waals surface area contributed by atoms with Crippen LogP contribution in [0.25, 0.3) is 11.0 Å². The van der Waals surface area contributed by atoms with Crippen molar-refractivity contribution in [2.24, 2.45) is 0 Å². The van der Waals surface area contributed by atoms with Crippen molar-refractivity contribution in [2.45, 2.75) is 19.4 Å². The molecular weight excluding hydrogens is 276 g/mol. The SMILES string of the molecule is COc1cc2nc(CCCO)n(CC(=O)O)c2cc1OC. The van der Waals surface area contributed by atoms with Gasteiger partial charge in [0, 0.05) is 25.2 Å². The maximum atomic E-state index is 11.1. The number of hydrogen-bond acceptors (Lipinski definition) is 5. The molecule has 1 aromatic heterocycles. The second-order valence-electron chi connectivity index (χ2n) is 4.53. The molecule has 7 nitrogen and oxygen atoms in total. The van der Waals surface area contributed by atoms with Gasteiger partial charge in [0.2, 0.25) is 0 Å². The van der Waals surface area contributed by atoms with Crippen LogP contribution in [-0.2, 0) is 17.8 Å². The van der Waals surface area contributed by atoms with Crippen LogP contribution in [0.4, 0.5) is 0 Å². The summed E-state index contributed by atoms with van der Waals surface area (Å²) in [4.78, 5) is 15.5. The molecule has 0 aliphatic rings. The second-order valence-corrected chi connectivity index (χ2v) is 4.53. The zero-order valence-electron chi connectivity index (χ0n) is 12.0. The van der Waals surface area contributed by atoms with Crippen molar-refractivity contribution in [3.8, 4) is 11.5 Å². The minimum atomic E-state index is -0.950. The predicted molar refractivity (Wildman–Crippen MR) is 75.9 cm³/mol. The summed E-state index contributed by atoms with van der Waals surface area (Å²) in [5, 5.41) is 18.0. The summed E-state index contributed by atoms with van der Waals surface area (Å²) < 4.78 is 12.1. The molecule has 0 unspecified atom stereocenters. The standard InChI is InChI=1S/C14H18N2O5/c1-20-11-6-9-10(7-12(11)21-2)16(8-14(18)19)13(15-9)4-3-5-17/h6-7,17H,3-5,8H2,1-2H3,(H,18,19). The van der Waals surface area contributed by atoms with Crippen LogP contribution in [0.5, 0.6) is 11.5 Å². The molecule has 0 saturated heterocycles. The van der Waals surface area contributed by atoms with Crippen molar-refractivity contribution in [1.82, 2.24) is 9.55 Å². The minimum absolute atomic E-state index is 0.0307. The van der Waals surface area contributed by atoms with E-state index in [1.54, 1.807) is 16.7 Å². The van der Waals surface area contributed by atoms with Gasteiger partial charge in [-0.15, -0.1) is 0 Å². The molecule has 0 fully saturated rings. The highest BCUT2D eigenvalue weighted by Gasteiger charge is 2.16. The maximum absolute atomic E-state index is 11.1. The van der Waals surface area contributed by atoms with Gasteiger partial charge in [0.1, 0.15) is 12.4 Å². The van der Waals surface area contributed by atoms with Crippen molar-refractivity contribution in [3.63, 3.8) is 0 Å². The van der Waals surface area contributed by atoms with E-state index < -0.39 is 5.97 Å². The molecule has 0 aliphatic heterocycles. The predicted octanol–water partition coefficient (Wildman–Crippen LogP) is 1.06. The Balaban J connectivity index is 2.58. The quantitative estimate of drug-likeness (QED) is 0.793. The van der Waals surface area contributed by atoms with Gasteiger partial charge in [-0.3, -0.25) is 4.79 Å². The van der Waals surface area contributed by atoms with Gasteiger partial charge < -0.3 is 24.3 Å². The third kappa shape index (κ3) is 3.08. The molecule has 21 heavy (non-hydrogen) atoms. The van der Waals surface area contributed by atoms with Gasteiger partial charge in [-0.05, 0) is 6.42 Å². The molecule has 0 saturated carbocycles. The first-order chi connectivity index (χ1) is 10.1. The van der Waals surface area contributed by atoms with Crippen LogP contribution in [0.1, 0.15) is 12.2 Å². The number of carboxylic acids is 1. The normalized spacial score (nSPS) is 10.8. The van der Waals surface area contributed by atoms with Crippen LogP contribution in [0.3, 0.4) is 0 Å². The lowest BCUT2D eigenvalue weighted by atomic mass is 10.2. The number of aryl methyl sites for hydroxylation is 1. The van der Waals surface area contributed by atoms with Crippen LogP contribution in [0.15, 0.2) is 12.1 Å². The number of imidazole rings is 1. The Bertz CT molecular complexity index is 650. The summed E-state index contributed by atoms with van der Waals surface area (Å²) in [6.07, 6.45) is 1.03. The van der Waals surface area contributed by atoms with Gasteiger partial charge in [0.15, 0.2) is 11.5 Å². The van der Waals surface area contributed by atoms with E-state index in [-0.39, 0.29) is 13.2 Å². The van der Waals surface area contributed by atoms with Crippen LogP contribution in [-0.4, -0.2) is 46.6 Å². The van der Waals surface area contributed by atoms with Gasteiger partial charge in [-0.25, -0.2) is 4.98 Å². The second kappa shape index (κ2) is 6.45. The molecule has 0 bridgehead atoms. The highest BCUT2D eigenvalue weighted by molar-refractivity contribution is 5.82.